The van der Waals surface area contributed by atoms with Crippen molar-refractivity contribution >= 4 is 23.7 Å². The van der Waals surface area contributed by atoms with Gasteiger partial charge in [-0.3, -0.25) is 9.59 Å². The quantitative estimate of drug-likeness (QED) is 0.475. The fourth-order valence-electron chi connectivity index (χ4n) is 2.27. The lowest BCUT2D eigenvalue weighted by molar-refractivity contribution is -0.116. The van der Waals surface area contributed by atoms with E-state index in [4.69, 9.17) is 0 Å². The summed E-state index contributed by atoms with van der Waals surface area (Å²) < 4.78 is 0. The SMILES string of the molecule is O=C(/C=C/c1ccccc1)CCCCC(=O)/C=C/c1ccccc1. The van der Waals surface area contributed by atoms with Crippen molar-refractivity contribution < 1.29 is 9.59 Å². The van der Waals surface area contributed by atoms with Crippen molar-refractivity contribution in [3.05, 3.63) is 83.9 Å². The summed E-state index contributed by atoms with van der Waals surface area (Å²) in [5.41, 5.74) is 2.04. The molecule has 0 spiro atoms. The Morgan fingerprint density at radius 1 is 0.625 bits per heavy atom. The molecule has 0 saturated carbocycles. The van der Waals surface area contributed by atoms with E-state index in [0.717, 1.165) is 24.0 Å². The third-order valence-corrected chi connectivity index (χ3v) is 3.62. The summed E-state index contributed by atoms with van der Waals surface area (Å²) in [4.78, 5) is 23.6. The van der Waals surface area contributed by atoms with Crippen molar-refractivity contribution in [2.45, 2.75) is 25.7 Å². The topological polar surface area (TPSA) is 34.1 Å². The molecule has 0 aliphatic heterocycles. The fourth-order valence-corrected chi connectivity index (χ4v) is 2.27. The van der Waals surface area contributed by atoms with E-state index in [1.54, 1.807) is 12.2 Å². The van der Waals surface area contributed by atoms with Gasteiger partial charge in [0, 0.05) is 12.8 Å². The van der Waals surface area contributed by atoms with Crippen molar-refractivity contribution in [2.24, 2.45) is 0 Å². The minimum atomic E-state index is 0.103. The molecule has 0 heterocycles. The van der Waals surface area contributed by atoms with Crippen molar-refractivity contribution in [1.29, 1.82) is 0 Å². The van der Waals surface area contributed by atoms with E-state index in [2.05, 4.69) is 0 Å². The first-order valence-corrected chi connectivity index (χ1v) is 8.26. The molecular weight excluding hydrogens is 296 g/mol. The molecule has 0 bridgehead atoms. The molecule has 2 aromatic carbocycles. The minimum Gasteiger partial charge on any atom is -0.295 e. The Morgan fingerprint density at radius 2 is 1.00 bits per heavy atom. The Balaban J connectivity index is 1.63. The van der Waals surface area contributed by atoms with Crippen molar-refractivity contribution in [1.82, 2.24) is 0 Å². The second-order valence-electron chi connectivity index (χ2n) is 5.63. The van der Waals surface area contributed by atoms with Crippen LogP contribution in [-0.4, -0.2) is 11.6 Å². The molecule has 0 aromatic heterocycles. The number of carbonyl (C=O) groups is 2. The standard InChI is InChI=1S/C22H22O2/c23-21(17-15-19-9-3-1-4-10-19)13-7-8-14-22(24)18-16-20-11-5-2-6-12-20/h1-6,9-12,15-18H,7-8,13-14H2/b17-15+,18-16+. The lowest BCUT2D eigenvalue weighted by atomic mass is 10.1. The molecule has 0 aliphatic rings. The number of benzene rings is 2. The zero-order valence-electron chi connectivity index (χ0n) is 13.7. The number of hydrogen-bond acceptors (Lipinski definition) is 2. The molecule has 0 saturated heterocycles. The highest BCUT2D eigenvalue weighted by atomic mass is 16.1. The minimum absolute atomic E-state index is 0.103. The van der Waals surface area contributed by atoms with Crippen LogP contribution in [0.5, 0.6) is 0 Å². The normalized spacial score (nSPS) is 11.2. The first kappa shape index (κ1) is 17.6. The van der Waals surface area contributed by atoms with Crippen molar-refractivity contribution in [2.75, 3.05) is 0 Å². The third-order valence-electron chi connectivity index (χ3n) is 3.62. The highest BCUT2D eigenvalue weighted by molar-refractivity contribution is 5.94. The first-order valence-electron chi connectivity index (χ1n) is 8.26. The van der Waals surface area contributed by atoms with Crippen LogP contribution < -0.4 is 0 Å². The van der Waals surface area contributed by atoms with Gasteiger partial charge < -0.3 is 0 Å². The third kappa shape index (κ3) is 7.01. The summed E-state index contributed by atoms with van der Waals surface area (Å²) in [7, 11) is 0. The van der Waals surface area contributed by atoms with E-state index in [-0.39, 0.29) is 11.6 Å². The number of rotatable bonds is 9. The summed E-state index contributed by atoms with van der Waals surface area (Å²) >= 11 is 0. The molecule has 0 unspecified atom stereocenters. The summed E-state index contributed by atoms with van der Waals surface area (Å²) in [6.07, 6.45) is 9.34. The Morgan fingerprint density at radius 3 is 1.38 bits per heavy atom. The van der Waals surface area contributed by atoms with Crippen LogP contribution >= 0.6 is 0 Å². The van der Waals surface area contributed by atoms with Crippen LogP contribution in [0.25, 0.3) is 12.2 Å². The maximum Gasteiger partial charge on any atom is 0.155 e. The molecule has 2 nitrogen and oxygen atoms in total. The van der Waals surface area contributed by atoms with Crippen LogP contribution in [0.3, 0.4) is 0 Å². The van der Waals surface area contributed by atoms with Crippen molar-refractivity contribution in [3.8, 4) is 0 Å². The van der Waals surface area contributed by atoms with Crippen LogP contribution in [0.1, 0.15) is 36.8 Å². The Bertz CT molecular complexity index is 634. The molecule has 122 valence electrons. The number of unbranched alkanes of at least 4 members (excludes halogenated alkanes) is 1. The van der Waals surface area contributed by atoms with E-state index >= 15 is 0 Å². The van der Waals surface area contributed by atoms with E-state index in [1.165, 1.54) is 0 Å². The Labute approximate surface area is 143 Å². The predicted molar refractivity (Wildman–Crippen MR) is 99.4 cm³/mol. The van der Waals surface area contributed by atoms with Crippen LogP contribution in [-0.2, 0) is 9.59 Å². The zero-order chi connectivity index (χ0) is 17.0. The maximum atomic E-state index is 11.8. The molecule has 0 radical (unpaired) electrons. The van der Waals surface area contributed by atoms with Gasteiger partial charge in [0.15, 0.2) is 11.6 Å². The highest BCUT2D eigenvalue weighted by Crippen LogP contribution is 2.07. The van der Waals surface area contributed by atoms with Gasteiger partial charge in [-0.05, 0) is 36.1 Å². The molecule has 2 rings (SSSR count). The van der Waals surface area contributed by atoms with E-state index in [1.807, 2.05) is 72.8 Å². The smallest absolute Gasteiger partial charge is 0.155 e. The average Bonchev–Trinajstić information content (AvgIpc) is 2.63. The summed E-state index contributed by atoms with van der Waals surface area (Å²) in [5.74, 6) is 0.206. The van der Waals surface area contributed by atoms with Gasteiger partial charge >= 0.3 is 0 Å². The van der Waals surface area contributed by atoms with E-state index < -0.39 is 0 Å². The lowest BCUT2D eigenvalue weighted by Gasteiger charge is -1.97. The summed E-state index contributed by atoms with van der Waals surface area (Å²) in [6, 6.07) is 19.5. The molecule has 2 aromatic rings. The van der Waals surface area contributed by atoms with Crippen LogP contribution in [0.2, 0.25) is 0 Å². The van der Waals surface area contributed by atoms with E-state index in [9.17, 15) is 9.59 Å². The van der Waals surface area contributed by atoms with Gasteiger partial charge in [0.05, 0.1) is 0 Å². The summed E-state index contributed by atoms with van der Waals surface area (Å²) in [5, 5.41) is 0. The largest absolute Gasteiger partial charge is 0.295 e. The molecule has 0 amide bonds. The fraction of sp³-hybridized carbons (Fsp3) is 0.182. The molecule has 2 heteroatoms. The number of carbonyl (C=O) groups excluding carboxylic acids is 2. The van der Waals surface area contributed by atoms with Gasteiger partial charge in [-0.2, -0.15) is 0 Å². The van der Waals surface area contributed by atoms with Gasteiger partial charge in [0.25, 0.3) is 0 Å². The van der Waals surface area contributed by atoms with Crippen LogP contribution in [0.4, 0.5) is 0 Å². The number of ketones is 2. The van der Waals surface area contributed by atoms with Crippen LogP contribution in [0.15, 0.2) is 72.8 Å². The summed E-state index contributed by atoms with van der Waals surface area (Å²) in [6.45, 7) is 0. The highest BCUT2D eigenvalue weighted by Gasteiger charge is 2.00. The van der Waals surface area contributed by atoms with Gasteiger partial charge in [-0.1, -0.05) is 72.8 Å². The molecule has 0 atom stereocenters. The molecule has 0 fully saturated rings. The van der Waals surface area contributed by atoms with Gasteiger partial charge in [-0.25, -0.2) is 0 Å². The zero-order valence-corrected chi connectivity index (χ0v) is 13.7. The second kappa shape index (κ2) is 10.1. The second-order valence-corrected chi connectivity index (χ2v) is 5.63. The Hall–Kier alpha value is -2.74. The van der Waals surface area contributed by atoms with Crippen molar-refractivity contribution in [3.63, 3.8) is 0 Å². The van der Waals surface area contributed by atoms with E-state index in [0.29, 0.717) is 12.8 Å². The van der Waals surface area contributed by atoms with Gasteiger partial charge in [0.1, 0.15) is 0 Å². The number of allylic oxidation sites excluding steroid dienone is 2. The molecule has 0 N–H and O–H groups in total. The molecule has 0 aliphatic carbocycles. The molecule has 24 heavy (non-hydrogen) atoms. The molecular formula is C22H22O2. The lowest BCUT2D eigenvalue weighted by Crippen LogP contribution is -1.96. The maximum absolute atomic E-state index is 11.8. The average molecular weight is 318 g/mol. The monoisotopic (exact) mass is 318 g/mol. The van der Waals surface area contributed by atoms with Gasteiger partial charge in [-0.15, -0.1) is 0 Å². The Kier molecular flexibility index (Phi) is 7.42. The first-order chi connectivity index (χ1) is 11.7. The predicted octanol–water partition coefficient (Wildman–Crippen LogP) is 5.11. The van der Waals surface area contributed by atoms with Gasteiger partial charge in [0.2, 0.25) is 0 Å². The van der Waals surface area contributed by atoms with Crippen LogP contribution in [0, 0.1) is 0 Å². The number of hydrogen-bond donors (Lipinski definition) is 0.